The maximum Gasteiger partial charge on any atom is 0.174 e. The number of carbonyl (C=O) groups is 1. The van der Waals surface area contributed by atoms with Crippen LogP contribution in [0.1, 0.15) is 35.5 Å². The van der Waals surface area contributed by atoms with Crippen LogP contribution in [0.2, 0.25) is 0 Å². The fourth-order valence-electron chi connectivity index (χ4n) is 1.20. The third-order valence-corrected chi connectivity index (χ3v) is 3.45. The lowest BCUT2D eigenvalue weighted by Crippen LogP contribution is -2.29. The molecule has 0 saturated heterocycles. The summed E-state index contributed by atoms with van der Waals surface area (Å²) in [6.45, 7) is 6.04. The van der Waals surface area contributed by atoms with Crippen LogP contribution in [-0.4, -0.2) is 11.8 Å². The molecule has 0 saturated carbocycles. The van der Waals surface area contributed by atoms with Crippen molar-refractivity contribution < 1.29 is 4.79 Å². The van der Waals surface area contributed by atoms with Crippen LogP contribution < -0.4 is 5.73 Å². The van der Waals surface area contributed by atoms with Crippen LogP contribution in [0.15, 0.2) is 11.4 Å². The van der Waals surface area contributed by atoms with Crippen LogP contribution in [0.25, 0.3) is 0 Å². The second kappa shape index (κ2) is 4.71. The van der Waals surface area contributed by atoms with Gasteiger partial charge in [-0.3, -0.25) is 4.79 Å². The van der Waals surface area contributed by atoms with Gasteiger partial charge in [0.1, 0.15) is 0 Å². The van der Waals surface area contributed by atoms with Gasteiger partial charge in [0.05, 0.1) is 4.88 Å². The molecule has 0 fully saturated rings. The Labute approximate surface area is 89.1 Å². The normalized spacial score (nSPS) is 13.2. The molecule has 0 amide bonds. The second-order valence-corrected chi connectivity index (χ2v) is 4.88. The zero-order chi connectivity index (χ0) is 10.7. The zero-order valence-corrected chi connectivity index (χ0v) is 9.73. The number of nitrogens with two attached hydrogens (primary N) is 1. The molecule has 78 valence electrons. The van der Waals surface area contributed by atoms with Crippen LogP contribution in [0.4, 0.5) is 0 Å². The quantitative estimate of drug-likeness (QED) is 0.778. The first kappa shape index (κ1) is 11.4. The van der Waals surface area contributed by atoms with Gasteiger partial charge in [0, 0.05) is 12.5 Å². The molecule has 3 heteroatoms. The van der Waals surface area contributed by atoms with E-state index in [9.17, 15) is 4.79 Å². The molecule has 2 nitrogen and oxygen atoms in total. The van der Waals surface area contributed by atoms with Gasteiger partial charge in [-0.1, -0.05) is 13.8 Å². The van der Waals surface area contributed by atoms with Crippen LogP contribution >= 0.6 is 11.3 Å². The number of carbonyl (C=O) groups excluding carboxylic acids is 1. The third kappa shape index (κ3) is 2.66. The summed E-state index contributed by atoms with van der Waals surface area (Å²) in [5.41, 5.74) is 6.92. The molecule has 14 heavy (non-hydrogen) atoms. The van der Waals surface area contributed by atoms with E-state index < -0.39 is 0 Å². The van der Waals surface area contributed by atoms with E-state index in [1.54, 1.807) is 0 Å². The van der Waals surface area contributed by atoms with E-state index in [0.29, 0.717) is 12.3 Å². The van der Waals surface area contributed by atoms with Gasteiger partial charge in [-0.05, 0) is 29.9 Å². The predicted molar refractivity (Wildman–Crippen MR) is 60.8 cm³/mol. The highest BCUT2D eigenvalue weighted by atomic mass is 32.1. The van der Waals surface area contributed by atoms with Gasteiger partial charge in [-0.2, -0.15) is 0 Å². The predicted octanol–water partition coefficient (Wildman–Crippen LogP) is 2.61. The molecule has 1 unspecified atom stereocenters. The molecule has 1 rings (SSSR count). The second-order valence-electron chi connectivity index (χ2n) is 3.97. The lowest BCUT2D eigenvalue weighted by Gasteiger charge is -2.13. The Morgan fingerprint density at radius 3 is 2.64 bits per heavy atom. The van der Waals surface area contributed by atoms with Crippen molar-refractivity contribution in [1.29, 1.82) is 0 Å². The lowest BCUT2D eigenvalue weighted by atomic mass is 9.98. The number of hydrogen-bond acceptors (Lipinski definition) is 3. The monoisotopic (exact) mass is 211 g/mol. The van der Waals surface area contributed by atoms with Crippen molar-refractivity contribution in [3.8, 4) is 0 Å². The number of aryl methyl sites for hydroxylation is 1. The average Bonchev–Trinajstić information content (AvgIpc) is 2.51. The van der Waals surface area contributed by atoms with E-state index in [4.69, 9.17) is 5.73 Å². The minimum atomic E-state index is -0.0241. The Bertz CT molecular complexity index is 317. The molecule has 1 aromatic heterocycles. The first-order chi connectivity index (χ1) is 6.52. The van der Waals surface area contributed by atoms with Gasteiger partial charge in [-0.25, -0.2) is 0 Å². The fraction of sp³-hybridized carbons (Fsp3) is 0.545. The van der Waals surface area contributed by atoms with E-state index in [1.165, 1.54) is 11.3 Å². The van der Waals surface area contributed by atoms with E-state index in [0.717, 1.165) is 10.4 Å². The topological polar surface area (TPSA) is 43.1 Å². The molecule has 0 aliphatic heterocycles. The summed E-state index contributed by atoms with van der Waals surface area (Å²) in [4.78, 5) is 12.6. The molecular formula is C11H17NOS. The van der Waals surface area contributed by atoms with Gasteiger partial charge in [0.15, 0.2) is 5.78 Å². The van der Waals surface area contributed by atoms with Gasteiger partial charge < -0.3 is 5.73 Å². The number of ketones is 1. The molecule has 1 heterocycles. The maximum atomic E-state index is 11.8. The first-order valence-corrected chi connectivity index (χ1v) is 5.73. The van der Waals surface area contributed by atoms with E-state index >= 15 is 0 Å². The SMILES string of the molecule is Cc1ccsc1C(=O)CC(N)C(C)C. The Morgan fingerprint density at radius 2 is 2.21 bits per heavy atom. The van der Waals surface area contributed by atoms with E-state index in [2.05, 4.69) is 0 Å². The number of thiophene rings is 1. The number of Topliss-reactive ketones (excluding diaryl/α,β-unsaturated/α-hetero) is 1. The number of rotatable bonds is 4. The van der Waals surface area contributed by atoms with Crippen molar-refractivity contribution in [3.63, 3.8) is 0 Å². The summed E-state index contributed by atoms with van der Waals surface area (Å²) in [5.74, 6) is 0.540. The molecule has 0 radical (unpaired) electrons. The van der Waals surface area contributed by atoms with Crippen molar-refractivity contribution >= 4 is 17.1 Å². The Morgan fingerprint density at radius 1 is 1.57 bits per heavy atom. The maximum absolute atomic E-state index is 11.8. The van der Waals surface area contributed by atoms with Gasteiger partial charge in [0.25, 0.3) is 0 Å². The molecule has 1 atom stereocenters. The Balaban J connectivity index is 2.64. The smallest absolute Gasteiger partial charge is 0.174 e. The summed E-state index contributed by atoms with van der Waals surface area (Å²) in [7, 11) is 0. The summed E-state index contributed by atoms with van der Waals surface area (Å²) in [6, 6.07) is 1.95. The molecule has 0 spiro atoms. The van der Waals surface area contributed by atoms with Crippen LogP contribution in [0.5, 0.6) is 0 Å². The first-order valence-electron chi connectivity index (χ1n) is 4.85. The molecule has 1 aromatic rings. The fourth-order valence-corrected chi connectivity index (χ4v) is 2.08. The Kier molecular flexibility index (Phi) is 3.84. The highest BCUT2D eigenvalue weighted by Crippen LogP contribution is 2.19. The van der Waals surface area contributed by atoms with Crippen molar-refractivity contribution in [2.24, 2.45) is 11.7 Å². The molecule has 0 aliphatic rings. The minimum Gasteiger partial charge on any atom is -0.327 e. The van der Waals surface area contributed by atoms with E-state index in [-0.39, 0.29) is 11.8 Å². The molecule has 0 aromatic carbocycles. The van der Waals surface area contributed by atoms with Gasteiger partial charge >= 0.3 is 0 Å². The Hall–Kier alpha value is -0.670. The van der Waals surface area contributed by atoms with Crippen molar-refractivity contribution in [2.75, 3.05) is 0 Å². The molecule has 0 bridgehead atoms. The van der Waals surface area contributed by atoms with Crippen molar-refractivity contribution in [1.82, 2.24) is 0 Å². The van der Waals surface area contributed by atoms with Gasteiger partial charge in [0.2, 0.25) is 0 Å². The van der Waals surface area contributed by atoms with Crippen LogP contribution in [0.3, 0.4) is 0 Å². The molecule has 0 aliphatic carbocycles. The average molecular weight is 211 g/mol. The van der Waals surface area contributed by atoms with E-state index in [1.807, 2.05) is 32.2 Å². The minimum absolute atomic E-state index is 0.0241. The summed E-state index contributed by atoms with van der Waals surface area (Å²) in [5, 5.41) is 1.95. The van der Waals surface area contributed by atoms with Crippen LogP contribution in [0, 0.1) is 12.8 Å². The van der Waals surface area contributed by atoms with Crippen molar-refractivity contribution in [2.45, 2.75) is 33.2 Å². The largest absolute Gasteiger partial charge is 0.327 e. The molecule has 2 N–H and O–H groups in total. The highest BCUT2D eigenvalue weighted by molar-refractivity contribution is 7.12. The zero-order valence-electron chi connectivity index (χ0n) is 8.91. The van der Waals surface area contributed by atoms with Crippen LogP contribution in [-0.2, 0) is 0 Å². The van der Waals surface area contributed by atoms with Gasteiger partial charge in [-0.15, -0.1) is 11.3 Å². The summed E-state index contributed by atoms with van der Waals surface area (Å²) >= 11 is 1.51. The third-order valence-electron chi connectivity index (χ3n) is 2.39. The molecular weight excluding hydrogens is 194 g/mol. The van der Waals surface area contributed by atoms with Crippen molar-refractivity contribution in [3.05, 3.63) is 21.9 Å². The lowest BCUT2D eigenvalue weighted by molar-refractivity contribution is 0.0971. The number of hydrogen-bond donors (Lipinski definition) is 1. The summed E-state index contributed by atoms with van der Waals surface area (Å²) < 4.78 is 0. The highest BCUT2D eigenvalue weighted by Gasteiger charge is 2.16. The summed E-state index contributed by atoms with van der Waals surface area (Å²) in [6.07, 6.45) is 0.457. The standard InChI is InChI=1S/C11H17NOS/c1-7(2)9(12)6-10(13)11-8(3)4-5-14-11/h4-5,7,9H,6,12H2,1-3H3.